The molecule has 21 heavy (non-hydrogen) atoms. The van der Waals surface area contributed by atoms with Crippen LogP contribution in [0.25, 0.3) is 0 Å². The second-order valence-electron chi connectivity index (χ2n) is 4.85. The van der Waals surface area contributed by atoms with E-state index in [4.69, 9.17) is 4.74 Å². The molecule has 2 aromatic rings. The van der Waals surface area contributed by atoms with Gasteiger partial charge in [0.25, 0.3) is 11.8 Å². The summed E-state index contributed by atoms with van der Waals surface area (Å²) >= 11 is 0. The molecule has 0 fully saturated rings. The van der Waals surface area contributed by atoms with E-state index in [0.29, 0.717) is 22.7 Å². The van der Waals surface area contributed by atoms with Gasteiger partial charge in [-0.1, -0.05) is 18.2 Å². The molecule has 3 rings (SSSR count). The second kappa shape index (κ2) is 5.28. The van der Waals surface area contributed by atoms with Crippen LogP contribution >= 0.6 is 0 Å². The van der Waals surface area contributed by atoms with Crippen LogP contribution in [0, 0.1) is 6.92 Å². The third-order valence-electron chi connectivity index (χ3n) is 3.14. The van der Waals surface area contributed by atoms with Crippen molar-refractivity contribution in [2.24, 2.45) is 0 Å². The SMILES string of the molecule is Cc1cc2c(c(NC(=O)c3ccccc3)c1)OCC(=O)N2. The third kappa shape index (κ3) is 2.72. The van der Waals surface area contributed by atoms with Gasteiger partial charge in [0.1, 0.15) is 0 Å². The van der Waals surface area contributed by atoms with E-state index in [9.17, 15) is 9.59 Å². The fraction of sp³-hybridized carbons (Fsp3) is 0.125. The molecule has 5 nitrogen and oxygen atoms in total. The van der Waals surface area contributed by atoms with E-state index in [1.54, 1.807) is 24.3 Å². The monoisotopic (exact) mass is 282 g/mol. The second-order valence-corrected chi connectivity index (χ2v) is 4.85. The highest BCUT2D eigenvalue weighted by atomic mass is 16.5. The number of hydrogen-bond donors (Lipinski definition) is 2. The fourth-order valence-electron chi connectivity index (χ4n) is 2.22. The molecular formula is C16H14N2O3. The van der Waals surface area contributed by atoms with Gasteiger partial charge >= 0.3 is 0 Å². The van der Waals surface area contributed by atoms with E-state index in [1.807, 2.05) is 25.1 Å². The molecular weight excluding hydrogens is 268 g/mol. The maximum Gasteiger partial charge on any atom is 0.262 e. The lowest BCUT2D eigenvalue weighted by atomic mass is 10.1. The summed E-state index contributed by atoms with van der Waals surface area (Å²) in [6, 6.07) is 12.6. The van der Waals surface area contributed by atoms with Crippen molar-refractivity contribution in [1.29, 1.82) is 0 Å². The molecule has 0 aliphatic carbocycles. The predicted octanol–water partition coefficient (Wildman–Crippen LogP) is 2.58. The minimum Gasteiger partial charge on any atom is -0.479 e. The highest BCUT2D eigenvalue weighted by Gasteiger charge is 2.21. The summed E-state index contributed by atoms with van der Waals surface area (Å²) in [6.07, 6.45) is 0. The molecule has 0 atom stereocenters. The van der Waals surface area contributed by atoms with Gasteiger partial charge in [0.2, 0.25) is 0 Å². The molecule has 0 aromatic heterocycles. The standard InChI is InChI=1S/C16H14N2O3/c1-10-7-12-15(21-9-14(19)17-12)13(8-10)18-16(20)11-5-3-2-4-6-11/h2-8H,9H2,1H3,(H,17,19)(H,18,20). The van der Waals surface area contributed by atoms with Gasteiger partial charge in [0.15, 0.2) is 12.4 Å². The van der Waals surface area contributed by atoms with Crippen LogP contribution in [0.15, 0.2) is 42.5 Å². The Morgan fingerprint density at radius 2 is 2.00 bits per heavy atom. The Hall–Kier alpha value is -2.82. The van der Waals surface area contributed by atoms with E-state index in [2.05, 4.69) is 10.6 Å². The lowest BCUT2D eigenvalue weighted by molar-refractivity contribution is -0.118. The summed E-state index contributed by atoms with van der Waals surface area (Å²) in [7, 11) is 0. The van der Waals surface area contributed by atoms with Crippen LogP contribution in [0.5, 0.6) is 5.75 Å². The Bertz CT molecular complexity index is 711. The minimum atomic E-state index is -0.219. The van der Waals surface area contributed by atoms with Crippen molar-refractivity contribution in [1.82, 2.24) is 0 Å². The van der Waals surface area contributed by atoms with Crippen molar-refractivity contribution in [2.45, 2.75) is 6.92 Å². The van der Waals surface area contributed by atoms with Crippen LogP contribution in [0.4, 0.5) is 11.4 Å². The number of rotatable bonds is 2. The van der Waals surface area contributed by atoms with Gasteiger partial charge in [0, 0.05) is 5.56 Å². The van der Waals surface area contributed by atoms with E-state index in [-0.39, 0.29) is 18.4 Å². The van der Waals surface area contributed by atoms with Crippen molar-refractivity contribution >= 4 is 23.2 Å². The Labute approximate surface area is 121 Å². The first kappa shape index (κ1) is 13.2. The number of fused-ring (bicyclic) bond motifs is 1. The average Bonchev–Trinajstić information content (AvgIpc) is 2.47. The number of anilines is 2. The van der Waals surface area contributed by atoms with Crippen molar-refractivity contribution in [2.75, 3.05) is 17.2 Å². The molecule has 2 amide bonds. The van der Waals surface area contributed by atoms with Gasteiger partial charge in [-0.15, -0.1) is 0 Å². The van der Waals surface area contributed by atoms with Gasteiger partial charge in [0.05, 0.1) is 11.4 Å². The number of ether oxygens (including phenoxy) is 1. The van der Waals surface area contributed by atoms with E-state index in [1.165, 1.54) is 0 Å². The van der Waals surface area contributed by atoms with E-state index < -0.39 is 0 Å². The molecule has 0 saturated carbocycles. The highest BCUT2D eigenvalue weighted by Crippen LogP contribution is 2.37. The molecule has 106 valence electrons. The Kier molecular flexibility index (Phi) is 3.31. The molecule has 1 heterocycles. The van der Waals surface area contributed by atoms with Gasteiger partial charge in [-0.3, -0.25) is 9.59 Å². The molecule has 2 aromatic carbocycles. The Morgan fingerprint density at radius 1 is 1.24 bits per heavy atom. The summed E-state index contributed by atoms with van der Waals surface area (Å²) in [6.45, 7) is 1.84. The smallest absolute Gasteiger partial charge is 0.262 e. The molecule has 0 radical (unpaired) electrons. The zero-order valence-electron chi connectivity index (χ0n) is 11.5. The minimum absolute atomic E-state index is 0.0513. The van der Waals surface area contributed by atoms with Crippen molar-refractivity contribution in [3.8, 4) is 5.75 Å². The van der Waals surface area contributed by atoms with Crippen LogP contribution in [-0.2, 0) is 4.79 Å². The summed E-state index contributed by atoms with van der Waals surface area (Å²) < 4.78 is 5.43. The van der Waals surface area contributed by atoms with Crippen LogP contribution in [0.3, 0.4) is 0 Å². The van der Waals surface area contributed by atoms with Crippen LogP contribution in [0.2, 0.25) is 0 Å². The first-order chi connectivity index (χ1) is 10.1. The Balaban J connectivity index is 1.92. The maximum atomic E-state index is 12.2. The molecule has 1 aliphatic heterocycles. The number of carbonyl (C=O) groups excluding carboxylic acids is 2. The van der Waals surface area contributed by atoms with E-state index in [0.717, 1.165) is 5.56 Å². The van der Waals surface area contributed by atoms with Crippen molar-refractivity contribution in [3.63, 3.8) is 0 Å². The molecule has 0 saturated heterocycles. The predicted molar refractivity (Wildman–Crippen MR) is 79.7 cm³/mol. The number of nitrogens with one attached hydrogen (secondary N) is 2. The molecule has 0 unspecified atom stereocenters. The van der Waals surface area contributed by atoms with Crippen molar-refractivity contribution in [3.05, 3.63) is 53.6 Å². The number of aryl methyl sites for hydroxylation is 1. The topological polar surface area (TPSA) is 67.4 Å². The van der Waals surface area contributed by atoms with Gasteiger partial charge in [-0.2, -0.15) is 0 Å². The normalized spacial score (nSPS) is 12.9. The van der Waals surface area contributed by atoms with E-state index >= 15 is 0 Å². The first-order valence-electron chi connectivity index (χ1n) is 6.57. The summed E-state index contributed by atoms with van der Waals surface area (Å²) in [5.41, 5.74) is 2.61. The highest BCUT2D eigenvalue weighted by molar-refractivity contribution is 6.06. The average molecular weight is 282 g/mol. The lowest BCUT2D eigenvalue weighted by Gasteiger charge is -2.21. The van der Waals surface area contributed by atoms with Crippen molar-refractivity contribution < 1.29 is 14.3 Å². The number of hydrogen-bond acceptors (Lipinski definition) is 3. The van der Waals surface area contributed by atoms with Crippen LogP contribution in [-0.4, -0.2) is 18.4 Å². The first-order valence-corrected chi connectivity index (χ1v) is 6.57. The number of carbonyl (C=O) groups is 2. The molecule has 1 aliphatic rings. The summed E-state index contributed by atoms with van der Waals surface area (Å²) in [4.78, 5) is 23.6. The largest absolute Gasteiger partial charge is 0.479 e. The molecule has 0 spiro atoms. The number of amides is 2. The zero-order valence-corrected chi connectivity index (χ0v) is 11.5. The summed E-state index contributed by atoms with van der Waals surface area (Å²) in [5.74, 6) is 0.0711. The van der Waals surface area contributed by atoms with Gasteiger partial charge in [-0.25, -0.2) is 0 Å². The molecule has 2 N–H and O–H groups in total. The number of benzene rings is 2. The lowest BCUT2D eigenvalue weighted by Crippen LogP contribution is -2.26. The Morgan fingerprint density at radius 3 is 2.76 bits per heavy atom. The quantitative estimate of drug-likeness (QED) is 0.889. The molecule has 5 heteroatoms. The third-order valence-corrected chi connectivity index (χ3v) is 3.14. The van der Waals surface area contributed by atoms with Crippen LogP contribution < -0.4 is 15.4 Å². The molecule has 0 bridgehead atoms. The fourth-order valence-corrected chi connectivity index (χ4v) is 2.22. The summed E-state index contributed by atoms with van der Waals surface area (Å²) in [5, 5.41) is 5.57. The van der Waals surface area contributed by atoms with Crippen LogP contribution in [0.1, 0.15) is 15.9 Å². The maximum absolute atomic E-state index is 12.2. The van der Waals surface area contributed by atoms with Gasteiger partial charge in [-0.05, 0) is 36.8 Å². The zero-order chi connectivity index (χ0) is 14.8. The van der Waals surface area contributed by atoms with Gasteiger partial charge < -0.3 is 15.4 Å².